The molecule has 5 heteroatoms. The van der Waals surface area contributed by atoms with E-state index < -0.39 is 0 Å². The normalized spacial score (nSPS) is 14.8. The fourth-order valence-corrected chi connectivity index (χ4v) is 1.87. The van der Waals surface area contributed by atoms with Crippen LogP contribution in [-0.4, -0.2) is 30.2 Å². The first kappa shape index (κ1) is 10.7. The Labute approximate surface area is 105 Å². The summed E-state index contributed by atoms with van der Waals surface area (Å²) >= 11 is 0. The maximum absolute atomic E-state index is 4.31. The highest BCUT2D eigenvalue weighted by Gasteiger charge is 2.02. The van der Waals surface area contributed by atoms with Crippen LogP contribution in [0.25, 0.3) is 10.9 Å². The molecule has 0 saturated carbocycles. The lowest BCUT2D eigenvalue weighted by Gasteiger charge is -2.01. The number of hydrazone groups is 1. The van der Waals surface area contributed by atoms with E-state index in [4.69, 9.17) is 0 Å². The van der Waals surface area contributed by atoms with Gasteiger partial charge < -0.3 is 5.32 Å². The highest BCUT2D eigenvalue weighted by molar-refractivity contribution is 5.98. The average Bonchev–Trinajstić information content (AvgIpc) is 2.92. The third-order valence-corrected chi connectivity index (χ3v) is 2.73. The van der Waals surface area contributed by atoms with Gasteiger partial charge in [-0.15, -0.1) is 0 Å². The van der Waals surface area contributed by atoms with Gasteiger partial charge in [0.2, 0.25) is 5.96 Å². The van der Waals surface area contributed by atoms with Gasteiger partial charge in [-0.2, -0.15) is 5.10 Å². The van der Waals surface area contributed by atoms with Gasteiger partial charge in [0.15, 0.2) is 0 Å². The van der Waals surface area contributed by atoms with Gasteiger partial charge in [0.1, 0.15) is 0 Å². The summed E-state index contributed by atoms with van der Waals surface area (Å²) < 4.78 is 0. The molecule has 0 atom stereocenters. The Balaban J connectivity index is 1.83. The molecule has 0 saturated heterocycles. The number of fused-ring (bicyclic) bond motifs is 1. The van der Waals surface area contributed by atoms with Crippen LogP contribution in [0.5, 0.6) is 0 Å². The molecule has 2 heterocycles. The van der Waals surface area contributed by atoms with E-state index in [0.29, 0.717) is 0 Å². The molecule has 1 aromatic carbocycles. The number of benzene rings is 1. The fraction of sp³-hybridized carbons (Fsp3) is 0.154. The molecule has 1 aliphatic rings. The minimum atomic E-state index is 0.726. The van der Waals surface area contributed by atoms with Crippen LogP contribution >= 0.6 is 0 Å². The Hall–Kier alpha value is -2.43. The zero-order valence-corrected chi connectivity index (χ0v) is 9.80. The molecular formula is C13H13N5. The number of nitrogens with one attached hydrogen (secondary N) is 2. The van der Waals surface area contributed by atoms with Crippen LogP contribution in [0.2, 0.25) is 0 Å². The first-order valence-electron chi connectivity index (χ1n) is 5.85. The highest BCUT2D eigenvalue weighted by atomic mass is 15.4. The summed E-state index contributed by atoms with van der Waals surface area (Å²) in [4.78, 5) is 8.51. The lowest BCUT2D eigenvalue weighted by atomic mass is 10.1. The SMILES string of the molecule is C(=NNC1=NCCN1)c1ccnc2ccccc12. The Kier molecular flexibility index (Phi) is 2.87. The van der Waals surface area contributed by atoms with E-state index in [0.717, 1.165) is 35.5 Å². The van der Waals surface area contributed by atoms with E-state index in [1.54, 1.807) is 12.4 Å². The maximum Gasteiger partial charge on any atom is 0.212 e. The molecule has 18 heavy (non-hydrogen) atoms. The molecular weight excluding hydrogens is 226 g/mol. The minimum absolute atomic E-state index is 0.726. The van der Waals surface area contributed by atoms with Crippen molar-refractivity contribution >= 4 is 23.1 Å². The summed E-state index contributed by atoms with van der Waals surface area (Å²) in [5, 5.41) is 8.36. The lowest BCUT2D eigenvalue weighted by Crippen LogP contribution is -2.30. The molecule has 0 fully saturated rings. The van der Waals surface area contributed by atoms with Gasteiger partial charge in [-0.1, -0.05) is 18.2 Å². The van der Waals surface area contributed by atoms with E-state index in [-0.39, 0.29) is 0 Å². The third-order valence-electron chi connectivity index (χ3n) is 2.73. The number of rotatable bonds is 2. The lowest BCUT2D eigenvalue weighted by molar-refractivity contribution is 0.920. The van der Waals surface area contributed by atoms with Gasteiger partial charge in [0, 0.05) is 23.7 Å². The standard InChI is InChI=1S/C13H13N5/c1-2-4-12-11(3-1)10(5-6-14-12)9-17-18-13-15-7-8-16-13/h1-6,9H,7-8H2,(H2,15,16,18). The average molecular weight is 239 g/mol. The number of aliphatic imine (C=N–C) groups is 1. The van der Waals surface area contributed by atoms with Crippen LogP contribution in [0.15, 0.2) is 46.6 Å². The van der Waals surface area contributed by atoms with Gasteiger partial charge in [0.05, 0.1) is 18.3 Å². The first-order chi connectivity index (χ1) is 8.93. The van der Waals surface area contributed by atoms with Crippen molar-refractivity contribution in [1.29, 1.82) is 0 Å². The number of guanidine groups is 1. The molecule has 0 amide bonds. The van der Waals surface area contributed by atoms with E-state index in [1.165, 1.54) is 0 Å². The predicted octanol–water partition coefficient (Wildman–Crippen LogP) is 1.12. The third kappa shape index (κ3) is 2.15. The van der Waals surface area contributed by atoms with Gasteiger partial charge in [-0.3, -0.25) is 4.98 Å². The summed E-state index contributed by atoms with van der Waals surface area (Å²) in [6.07, 6.45) is 3.57. The van der Waals surface area contributed by atoms with Crippen molar-refractivity contribution < 1.29 is 0 Å². The van der Waals surface area contributed by atoms with Gasteiger partial charge in [-0.05, 0) is 12.1 Å². The second-order valence-corrected chi connectivity index (χ2v) is 3.94. The quantitative estimate of drug-likeness (QED) is 0.609. The summed E-state index contributed by atoms with van der Waals surface area (Å²) in [5.41, 5.74) is 4.89. The van der Waals surface area contributed by atoms with E-state index >= 15 is 0 Å². The molecule has 1 aliphatic heterocycles. The molecule has 0 unspecified atom stereocenters. The molecule has 1 aromatic heterocycles. The van der Waals surface area contributed by atoms with E-state index in [9.17, 15) is 0 Å². The van der Waals surface area contributed by atoms with Crippen molar-refractivity contribution in [2.24, 2.45) is 10.1 Å². The number of para-hydroxylation sites is 1. The number of pyridine rings is 1. The van der Waals surface area contributed by atoms with Crippen molar-refractivity contribution in [3.05, 3.63) is 42.1 Å². The molecule has 90 valence electrons. The number of nitrogens with zero attached hydrogens (tertiary/aromatic N) is 3. The van der Waals surface area contributed by atoms with Crippen molar-refractivity contribution in [3.63, 3.8) is 0 Å². The van der Waals surface area contributed by atoms with Crippen LogP contribution < -0.4 is 10.7 Å². The van der Waals surface area contributed by atoms with Crippen molar-refractivity contribution in [2.75, 3.05) is 13.1 Å². The first-order valence-corrected chi connectivity index (χ1v) is 5.85. The van der Waals surface area contributed by atoms with Crippen molar-refractivity contribution in [1.82, 2.24) is 15.7 Å². The topological polar surface area (TPSA) is 61.7 Å². The van der Waals surface area contributed by atoms with E-state index in [1.807, 2.05) is 30.3 Å². The highest BCUT2D eigenvalue weighted by Crippen LogP contribution is 2.13. The predicted molar refractivity (Wildman–Crippen MR) is 72.8 cm³/mol. The second-order valence-electron chi connectivity index (χ2n) is 3.94. The molecule has 2 aromatic rings. The molecule has 0 bridgehead atoms. The zero-order chi connectivity index (χ0) is 12.2. The molecule has 0 radical (unpaired) electrons. The number of hydrogen-bond donors (Lipinski definition) is 2. The van der Waals surface area contributed by atoms with Gasteiger partial charge in [-0.25, -0.2) is 10.4 Å². The summed E-state index contributed by atoms with van der Waals surface area (Å²) in [6.45, 7) is 1.67. The second kappa shape index (κ2) is 4.83. The largest absolute Gasteiger partial charge is 0.353 e. The Morgan fingerprint density at radius 3 is 3.11 bits per heavy atom. The van der Waals surface area contributed by atoms with Crippen LogP contribution in [-0.2, 0) is 0 Å². The monoisotopic (exact) mass is 239 g/mol. The van der Waals surface area contributed by atoms with Crippen molar-refractivity contribution in [3.8, 4) is 0 Å². The van der Waals surface area contributed by atoms with Crippen molar-refractivity contribution in [2.45, 2.75) is 0 Å². The molecule has 0 spiro atoms. The molecule has 0 aliphatic carbocycles. The smallest absolute Gasteiger partial charge is 0.212 e. The summed E-state index contributed by atoms with van der Waals surface area (Å²) in [5.74, 6) is 0.726. The fourth-order valence-electron chi connectivity index (χ4n) is 1.87. The molecule has 3 rings (SSSR count). The van der Waals surface area contributed by atoms with E-state index in [2.05, 4.69) is 25.8 Å². The zero-order valence-electron chi connectivity index (χ0n) is 9.80. The van der Waals surface area contributed by atoms with Crippen LogP contribution in [0.4, 0.5) is 0 Å². The number of hydrogen-bond acceptors (Lipinski definition) is 5. The van der Waals surface area contributed by atoms with Crippen LogP contribution in [0, 0.1) is 0 Å². The van der Waals surface area contributed by atoms with Crippen LogP contribution in [0.1, 0.15) is 5.56 Å². The minimum Gasteiger partial charge on any atom is -0.353 e. The molecule has 5 nitrogen and oxygen atoms in total. The van der Waals surface area contributed by atoms with Crippen LogP contribution in [0.3, 0.4) is 0 Å². The Bertz CT molecular complexity index is 612. The van der Waals surface area contributed by atoms with Gasteiger partial charge >= 0.3 is 0 Å². The summed E-state index contributed by atoms with van der Waals surface area (Å²) in [7, 11) is 0. The Morgan fingerprint density at radius 1 is 1.28 bits per heavy atom. The Morgan fingerprint density at radius 2 is 2.22 bits per heavy atom. The maximum atomic E-state index is 4.31. The molecule has 2 N–H and O–H groups in total. The summed E-state index contributed by atoms with van der Waals surface area (Å²) in [6, 6.07) is 9.94. The number of aromatic nitrogens is 1. The van der Waals surface area contributed by atoms with Gasteiger partial charge in [0.25, 0.3) is 0 Å².